The standard InChI is InChI=1S/C21H35NO4S2/c1-6-18-13-19(16-23)15-20(14-18)22(17-21(2,3)28-27-5)7-8-25-11-12-26-10-9-24-4/h6,13-15,23H,1,7-12,16-17H2,2-5H3. The third-order valence-electron chi connectivity index (χ3n) is 3.97. The first kappa shape index (κ1) is 25.3. The molecule has 1 aromatic rings. The maximum absolute atomic E-state index is 9.61. The van der Waals surface area contributed by atoms with E-state index < -0.39 is 0 Å². The highest BCUT2D eigenvalue weighted by Gasteiger charge is 2.23. The zero-order chi connectivity index (χ0) is 20.8. The molecule has 0 aliphatic rings. The van der Waals surface area contributed by atoms with E-state index in [1.54, 1.807) is 17.9 Å². The van der Waals surface area contributed by atoms with Gasteiger partial charge in [-0.1, -0.05) is 34.2 Å². The number of ether oxygens (including phenoxy) is 3. The highest BCUT2D eigenvalue weighted by Crippen LogP contribution is 2.35. The molecular weight excluding hydrogens is 394 g/mol. The molecule has 7 heteroatoms. The molecule has 1 aromatic carbocycles. The maximum atomic E-state index is 9.61. The number of nitrogens with zero attached hydrogens (tertiary/aromatic N) is 1. The number of hydrogen-bond acceptors (Lipinski definition) is 7. The number of hydrogen-bond donors (Lipinski definition) is 1. The lowest BCUT2D eigenvalue weighted by Gasteiger charge is -2.33. The molecule has 0 fully saturated rings. The normalized spacial score (nSPS) is 11.6. The molecule has 160 valence electrons. The van der Waals surface area contributed by atoms with Crippen molar-refractivity contribution < 1.29 is 19.3 Å². The van der Waals surface area contributed by atoms with E-state index >= 15 is 0 Å². The van der Waals surface area contributed by atoms with E-state index in [1.807, 2.05) is 29.0 Å². The van der Waals surface area contributed by atoms with Gasteiger partial charge in [0.2, 0.25) is 0 Å². The van der Waals surface area contributed by atoms with E-state index in [4.69, 9.17) is 14.2 Å². The molecule has 0 spiro atoms. The molecule has 5 nitrogen and oxygen atoms in total. The van der Waals surface area contributed by atoms with Crippen molar-refractivity contribution in [2.24, 2.45) is 0 Å². The van der Waals surface area contributed by atoms with Crippen LogP contribution in [0.1, 0.15) is 25.0 Å². The van der Waals surface area contributed by atoms with Crippen molar-refractivity contribution >= 4 is 33.4 Å². The van der Waals surface area contributed by atoms with Gasteiger partial charge in [-0.25, -0.2) is 0 Å². The van der Waals surface area contributed by atoms with Gasteiger partial charge < -0.3 is 24.2 Å². The Kier molecular flexibility index (Phi) is 12.9. The van der Waals surface area contributed by atoms with Crippen LogP contribution in [0.5, 0.6) is 0 Å². The zero-order valence-electron chi connectivity index (χ0n) is 17.6. The number of aliphatic hydroxyl groups is 1. The minimum atomic E-state index is 0.0147. The molecule has 0 aliphatic heterocycles. The molecule has 0 atom stereocenters. The summed E-state index contributed by atoms with van der Waals surface area (Å²) in [6.07, 6.45) is 3.92. The summed E-state index contributed by atoms with van der Waals surface area (Å²) in [7, 11) is 5.30. The highest BCUT2D eigenvalue weighted by molar-refractivity contribution is 8.77. The zero-order valence-corrected chi connectivity index (χ0v) is 19.2. The Morgan fingerprint density at radius 2 is 1.79 bits per heavy atom. The molecule has 0 amide bonds. The molecule has 0 heterocycles. The van der Waals surface area contributed by atoms with Gasteiger partial charge in [-0.15, -0.1) is 0 Å². The number of rotatable bonds is 16. The van der Waals surface area contributed by atoms with E-state index in [-0.39, 0.29) is 11.4 Å². The topological polar surface area (TPSA) is 51.2 Å². The fourth-order valence-electron chi connectivity index (χ4n) is 2.74. The highest BCUT2D eigenvalue weighted by atomic mass is 33.1. The van der Waals surface area contributed by atoms with Crippen LogP contribution in [-0.2, 0) is 20.8 Å². The van der Waals surface area contributed by atoms with Gasteiger partial charge in [-0.2, -0.15) is 0 Å². The predicted octanol–water partition coefficient (Wildman–Crippen LogP) is 4.10. The summed E-state index contributed by atoms with van der Waals surface area (Å²) >= 11 is 0. The van der Waals surface area contributed by atoms with Crippen LogP contribution in [0.2, 0.25) is 0 Å². The number of methoxy groups -OCH3 is 1. The van der Waals surface area contributed by atoms with E-state index in [1.165, 1.54) is 0 Å². The Balaban J connectivity index is 2.73. The van der Waals surface area contributed by atoms with Crippen molar-refractivity contribution in [3.63, 3.8) is 0 Å². The van der Waals surface area contributed by atoms with Crippen molar-refractivity contribution in [1.29, 1.82) is 0 Å². The third-order valence-corrected chi connectivity index (χ3v) is 6.57. The molecule has 0 aliphatic carbocycles. The molecule has 0 bridgehead atoms. The maximum Gasteiger partial charge on any atom is 0.0701 e. The SMILES string of the molecule is C=Cc1cc(CO)cc(N(CCOCCOCCOC)CC(C)(C)SSC)c1. The van der Waals surface area contributed by atoms with Gasteiger partial charge in [0.05, 0.1) is 39.6 Å². The van der Waals surface area contributed by atoms with Gasteiger partial charge in [-0.3, -0.25) is 0 Å². The minimum absolute atomic E-state index is 0.0147. The molecule has 1 rings (SSSR count). The first-order chi connectivity index (χ1) is 13.5. The van der Waals surface area contributed by atoms with E-state index in [2.05, 4.69) is 37.6 Å². The molecule has 0 radical (unpaired) electrons. The summed E-state index contributed by atoms with van der Waals surface area (Å²) in [6.45, 7) is 12.9. The molecule has 1 N–H and O–H groups in total. The first-order valence-corrected chi connectivity index (χ1v) is 12.0. The Morgan fingerprint density at radius 1 is 1.11 bits per heavy atom. The Morgan fingerprint density at radius 3 is 2.39 bits per heavy atom. The van der Waals surface area contributed by atoms with Gasteiger partial charge in [0.1, 0.15) is 0 Å². The van der Waals surface area contributed by atoms with Gasteiger partial charge in [-0.05, 0) is 49.4 Å². The summed E-state index contributed by atoms with van der Waals surface area (Å²) in [6, 6.07) is 6.12. The van der Waals surface area contributed by atoms with Crippen LogP contribution >= 0.6 is 21.6 Å². The van der Waals surface area contributed by atoms with Crippen LogP contribution < -0.4 is 4.90 Å². The van der Waals surface area contributed by atoms with Gasteiger partial charge in [0.15, 0.2) is 0 Å². The van der Waals surface area contributed by atoms with Crippen LogP contribution in [0.3, 0.4) is 0 Å². The molecule has 0 aromatic heterocycles. The molecule has 28 heavy (non-hydrogen) atoms. The Hall–Kier alpha value is -0.700. The second kappa shape index (κ2) is 14.3. The van der Waals surface area contributed by atoms with Gasteiger partial charge in [0, 0.05) is 30.6 Å². The quantitative estimate of drug-likeness (QED) is 0.314. The summed E-state index contributed by atoms with van der Waals surface area (Å²) < 4.78 is 16.2. The second-order valence-corrected chi connectivity index (χ2v) is 10.0. The summed E-state index contributed by atoms with van der Waals surface area (Å²) in [5.74, 6) is 0. The van der Waals surface area contributed by atoms with Crippen LogP contribution in [0.4, 0.5) is 5.69 Å². The third kappa shape index (κ3) is 10.2. The molecule has 0 unspecified atom stereocenters. The molecule has 0 saturated heterocycles. The predicted molar refractivity (Wildman–Crippen MR) is 123 cm³/mol. The minimum Gasteiger partial charge on any atom is -0.392 e. The second-order valence-electron chi connectivity index (χ2n) is 6.94. The number of benzene rings is 1. The summed E-state index contributed by atoms with van der Waals surface area (Å²) in [5.41, 5.74) is 2.98. The molecular formula is C21H35NO4S2. The fraction of sp³-hybridized carbons (Fsp3) is 0.619. The Bertz CT molecular complexity index is 569. The van der Waals surface area contributed by atoms with E-state index in [0.717, 1.165) is 29.9 Å². The van der Waals surface area contributed by atoms with Gasteiger partial charge in [0.25, 0.3) is 0 Å². The van der Waals surface area contributed by atoms with Crippen molar-refractivity contribution in [3.8, 4) is 0 Å². The average molecular weight is 430 g/mol. The van der Waals surface area contributed by atoms with Crippen molar-refractivity contribution in [1.82, 2.24) is 0 Å². The lowest BCUT2D eigenvalue weighted by molar-refractivity contribution is 0.0264. The molecule has 0 saturated carbocycles. The van der Waals surface area contributed by atoms with Crippen LogP contribution in [0, 0.1) is 0 Å². The average Bonchev–Trinajstić information content (AvgIpc) is 2.68. The van der Waals surface area contributed by atoms with Crippen molar-refractivity contribution in [3.05, 3.63) is 35.9 Å². The van der Waals surface area contributed by atoms with Crippen LogP contribution in [0.15, 0.2) is 24.8 Å². The fourth-order valence-corrected chi connectivity index (χ4v) is 4.91. The van der Waals surface area contributed by atoms with Crippen LogP contribution in [0.25, 0.3) is 6.08 Å². The number of anilines is 1. The van der Waals surface area contributed by atoms with Crippen LogP contribution in [-0.4, -0.2) is 69.3 Å². The van der Waals surface area contributed by atoms with E-state index in [9.17, 15) is 5.11 Å². The largest absolute Gasteiger partial charge is 0.392 e. The van der Waals surface area contributed by atoms with E-state index in [0.29, 0.717) is 33.0 Å². The summed E-state index contributed by atoms with van der Waals surface area (Å²) in [5, 5.41) is 9.61. The smallest absolute Gasteiger partial charge is 0.0701 e. The summed E-state index contributed by atoms with van der Waals surface area (Å²) in [4.78, 5) is 2.32. The van der Waals surface area contributed by atoms with Crippen molar-refractivity contribution in [2.45, 2.75) is 25.2 Å². The monoisotopic (exact) mass is 429 g/mol. The Labute approximate surface area is 178 Å². The van der Waals surface area contributed by atoms with Gasteiger partial charge >= 0.3 is 0 Å². The number of aliphatic hydroxyl groups excluding tert-OH is 1. The van der Waals surface area contributed by atoms with Crippen molar-refractivity contribution in [2.75, 3.05) is 64.4 Å². The first-order valence-electron chi connectivity index (χ1n) is 9.44. The lowest BCUT2D eigenvalue weighted by Crippen LogP contribution is -2.38. The lowest BCUT2D eigenvalue weighted by atomic mass is 10.1.